The highest BCUT2D eigenvalue weighted by Crippen LogP contribution is 2.73. The molecule has 4 aliphatic carbocycles. The minimum atomic E-state index is -1.64. The Kier molecular flexibility index (Phi) is 7.76. The number of hydrogen-bond donors (Lipinski definition) is 5. The van der Waals surface area contributed by atoms with Crippen LogP contribution in [-0.4, -0.2) is 86.3 Å². The van der Waals surface area contributed by atoms with Gasteiger partial charge in [0.05, 0.1) is 17.6 Å². The van der Waals surface area contributed by atoms with Crippen molar-refractivity contribution in [3.63, 3.8) is 0 Å². The van der Waals surface area contributed by atoms with Gasteiger partial charge in [0, 0.05) is 24.0 Å². The second kappa shape index (κ2) is 10.8. The average molecular weight is 619 g/mol. The van der Waals surface area contributed by atoms with E-state index in [1.54, 1.807) is 6.07 Å². The van der Waals surface area contributed by atoms with Crippen molar-refractivity contribution in [2.24, 2.45) is 22.7 Å². The first kappa shape index (κ1) is 31.5. The summed E-state index contributed by atoms with van der Waals surface area (Å²) >= 11 is 0. The van der Waals surface area contributed by atoms with Gasteiger partial charge in [0.1, 0.15) is 48.2 Å². The topological polar surface area (TPSA) is 193 Å². The van der Waals surface area contributed by atoms with Gasteiger partial charge < -0.3 is 49.0 Å². The molecule has 0 amide bonds. The van der Waals surface area contributed by atoms with Gasteiger partial charge in [0.2, 0.25) is 0 Å². The van der Waals surface area contributed by atoms with Crippen molar-refractivity contribution in [2.75, 3.05) is 6.61 Å². The molecule has 0 bridgehead atoms. The number of aliphatic hydroxyl groups is 5. The molecule has 0 radical (unpaired) electrons. The average Bonchev–Trinajstić information content (AvgIpc) is 3.24. The molecule has 1 aromatic rings. The van der Waals surface area contributed by atoms with E-state index in [2.05, 4.69) is 0 Å². The fourth-order valence-corrected chi connectivity index (χ4v) is 9.81. The maximum atomic E-state index is 13.4. The summed E-state index contributed by atoms with van der Waals surface area (Å²) in [5, 5.41) is 54.1. The van der Waals surface area contributed by atoms with Crippen LogP contribution in [0.2, 0.25) is 0 Å². The highest BCUT2D eigenvalue weighted by Gasteiger charge is 2.76. The van der Waals surface area contributed by atoms with Gasteiger partial charge in [-0.25, -0.2) is 4.79 Å². The Labute approximate surface area is 254 Å². The van der Waals surface area contributed by atoms with Gasteiger partial charge in [-0.05, 0) is 69.3 Å². The molecule has 12 heteroatoms. The molecule has 5 aliphatic rings. The Balaban J connectivity index is 1.39. The largest absolute Gasteiger partial charge is 0.454 e. The molecule has 1 aliphatic heterocycles. The molecule has 0 aromatic carbocycles. The first-order valence-electron chi connectivity index (χ1n) is 15.5. The van der Waals surface area contributed by atoms with Crippen LogP contribution in [-0.2, 0) is 29.4 Å². The first-order valence-corrected chi connectivity index (χ1v) is 15.5. The van der Waals surface area contributed by atoms with E-state index in [1.807, 2.05) is 19.1 Å². The molecule has 5 N–H and O–H groups in total. The lowest BCUT2D eigenvalue weighted by molar-refractivity contribution is -0.345. The van der Waals surface area contributed by atoms with Crippen LogP contribution in [0, 0.1) is 22.7 Å². The number of ether oxygens (including phenoxy) is 3. The second-order valence-electron chi connectivity index (χ2n) is 13.6. The molecule has 2 heterocycles. The summed E-state index contributed by atoms with van der Waals surface area (Å²) in [5.41, 5.74) is -6.06. The summed E-state index contributed by atoms with van der Waals surface area (Å²) < 4.78 is 23.5. The van der Waals surface area contributed by atoms with Gasteiger partial charge in [-0.15, -0.1) is 0 Å². The fourth-order valence-electron chi connectivity index (χ4n) is 9.81. The van der Waals surface area contributed by atoms with E-state index < -0.39 is 82.5 Å². The van der Waals surface area contributed by atoms with Crippen LogP contribution in [0.3, 0.4) is 0 Å². The molecule has 12 atom stereocenters. The lowest BCUT2D eigenvalue weighted by Gasteiger charge is -2.65. The van der Waals surface area contributed by atoms with Crippen molar-refractivity contribution in [2.45, 2.75) is 113 Å². The SMILES string of the molecule is CC(=O)OC1(c2ccc(=O)oc2)CCC2(O)C3CCC4(OC5OC(CO)C(O)C(O)C5O)C=CCCC4(C=O)C3CCC12C. The van der Waals surface area contributed by atoms with Crippen molar-refractivity contribution in [3.8, 4) is 0 Å². The zero-order valence-electron chi connectivity index (χ0n) is 25.0. The van der Waals surface area contributed by atoms with Crippen molar-refractivity contribution in [1.29, 1.82) is 0 Å². The predicted octanol–water partition coefficient (Wildman–Crippen LogP) is 0.840. The molecule has 4 fully saturated rings. The van der Waals surface area contributed by atoms with Gasteiger partial charge in [0.25, 0.3) is 0 Å². The van der Waals surface area contributed by atoms with Crippen LogP contribution >= 0.6 is 0 Å². The Hall–Kier alpha value is -2.45. The third-order valence-corrected chi connectivity index (χ3v) is 12.0. The maximum absolute atomic E-state index is 13.4. The lowest BCUT2D eigenvalue weighted by atomic mass is 9.42. The Morgan fingerprint density at radius 3 is 2.45 bits per heavy atom. The molecule has 242 valence electrons. The van der Waals surface area contributed by atoms with Crippen molar-refractivity contribution in [3.05, 3.63) is 46.5 Å². The minimum absolute atomic E-state index is 0.275. The van der Waals surface area contributed by atoms with Crippen LogP contribution in [0.15, 0.2) is 39.8 Å². The number of rotatable bonds is 6. The van der Waals surface area contributed by atoms with Crippen LogP contribution in [0.1, 0.15) is 70.8 Å². The minimum Gasteiger partial charge on any atom is -0.454 e. The molecule has 3 saturated carbocycles. The van der Waals surface area contributed by atoms with Crippen LogP contribution in [0.5, 0.6) is 0 Å². The monoisotopic (exact) mass is 618 g/mol. The number of aliphatic hydroxyl groups excluding tert-OH is 4. The molecular formula is C32H42O12. The molecule has 12 unspecified atom stereocenters. The van der Waals surface area contributed by atoms with Crippen molar-refractivity contribution in [1.82, 2.24) is 0 Å². The van der Waals surface area contributed by atoms with Gasteiger partial charge >= 0.3 is 11.6 Å². The number of carbonyl (C=O) groups excluding carboxylic acids is 2. The molecule has 6 rings (SSSR count). The van der Waals surface area contributed by atoms with E-state index in [0.717, 1.165) is 6.29 Å². The highest BCUT2D eigenvalue weighted by molar-refractivity contribution is 5.67. The molecular weight excluding hydrogens is 576 g/mol. The smallest absolute Gasteiger partial charge is 0.335 e. The first-order chi connectivity index (χ1) is 20.8. The standard InChI is InChI=1S/C32H42O12/c1-18(35)43-32(19-5-6-23(36)41-16-19)14-13-31(40)21-8-12-30(44-27-26(39)25(38)24(37)22(15-33)42-27)10-4-3-9-29(30,17-34)20(21)7-11-28(31,32)2/h4-6,10,16-17,20-22,24-27,33,37-40H,3,7-9,11-15H2,1-2H3. The molecule has 12 nitrogen and oxygen atoms in total. The summed E-state index contributed by atoms with van der Waals surface area (Å²) in [5.74, 6) is -1.28. The summed E-state index contributed by atoms with van der Waals surface area (Å²) in [6, 6.07) is 2.85. The van der Waals surface area contributed by atoms with Crippen molar-refractivity contribution >= 4 is 12.3 Å². The Morgan fingerprint density at radius 1 is 1.05 bits per heavy atom. The molecule has 1 saturated heterocycles. The van der Waals surface area contributed by atoms with E-state index in [4.69, 9.17) is 18.6 Å². The zero-order valence-corrected chi connectivity index (χ0v) is 25.0. The third kappa shape index (κ3) is 4.11. The third-order valence-electron chi connectivity index (χ3n) is 12.0. The van der Waals surface area contributed by atoms with Gasteiger partial charge in [-0.2, -0.15) is 0 Å². The van der Waals surface area contributed by atoms with E-state index in [9.17, 15) is 39.9 Å². The predicted molar refractivity (Wildman–Crippen MR) is 151 cm³/mol. The number of esters is 1. The van der Waals surface area contributed by atoms with E-state index in [1.165, 1.54) is 19.3 Å². The van der Waals surface area contributed by atoms with Gasteiger partial charge in [0.15, 0.2) is 6.29 Å². The summed E-state index contributed by atoms with van der Waals surface area (Å²) in [7, 11) is 0. The second-order valence-corrected chi connectivity index (χ2v) is 13.6. The zero-order chi connectivity index (χ0) is 31.7. The fraction of sp³-hybridized carbons (Fsp3) is 0.719. The number of allylic oxidation sites excluding steroid dienone is 1. The van der Waals surface area contributed by atoms with Crippen LogP contribution in [0.4, 0.5) is 0 Å². The molecule has 1 aromatic heterocycles. The number of hydrogen-bond acceptors (Lipinski definition) is 12. The number of fused-ring (bicyclic) bond motifs is 5. The van der Waals surface area contributed by atoms with Crippen molar-refractivity contribution < 1.29 is 53.7 Å². The Morgan fingerprint density at radius 2 is 1.80 bits per heavy atom. The van der Waals surface area contributed by atoms with E-state index >= 15 is 0 Å². The summed E-state index contributed by atoms with van der Waals surface area (Å²) in [6.45, 7) is 2.61. The lowest BCUT2D eigenvalue weighted by Crippen LogP contribution is -2.70. The highest BCUT2D eigenvalue weighted by atomic mass is 16.7. The quantitative estimate of drug-likeness (QED) is 0.131. The summed E-state index contributed by atoms with van der Waals surface area (Å²) in [4.78, 5) is 37.7. The normalized spacial score (nSPS) is 48.1. The number of carbonyl (C=O) groups is 2. The number of aldehydes is 1. The van der Waals surface area contributed by atoms with Gasteiger partial charge in [-0.1, -0.05) is 19.1 Å². The maximum Gasteiger partial charge on any atom is 0.335 e. The van der Waals surface area contributed by atoms with E-state index in [0.29, 0.717) is 37.7 Å². The van der Waals surface area contributed by atoms with Gasteiger partial charge in [-0.3, -0.25) is 4.79 Å². The van der Waals surface area contributed by atoms with Crippen LogP contribution in [0.25, 0.3) is 0 Å². The molecule has 0 spiro atoms. The van der Waals surface area contributed by atoms with E-state index in [-0.39, 0.29) is 25.2 Å². The Bertz CT molecular complexity index is 1350. The van der Waals surface area contributed by atoms with Crippen LogP contribution < -0.4 is 5.63 Å². The summed E-state index contributed by atoms with van der Waals surface area (Å²) in [6.07, 6.45) is 1.64. The molecule has 44 heavy (non-hydrogen) atoms.